The normalized spacial score (nSPS) is 11.3. The van der Waals surface area contributed by atoms with Crippen molar-refractivity contribution in [3.8, 4) is 11.4 Å². The molecular weight excluding hydrogens is 437 g/mol. The summed E-state index contributed by atoms with van der Waals surface area (Å²) in [5, 5.41) is 0. The number of carbonyl (C=O) groups is 1. The Morgan fingerprint density at radius 1 is 1.12 bits per heavy atom. The summed E-state index contributed by atoms with van der Waals surface area (Å²) in [5.41, 5.74) is 4.31. The van der Waals surface area contributed by atoms with E-state index in [1.807, 2.05) is 49.2 Å². The van der Waals surface area contributed by atoms with Gasteiger partial charge in [0.15, 0.2) is 23.6 Å². The number of aromatic nitrogens is 4. The third kappa shape index (κ3) is 4.90. The highest BCUT2D eigenvalue weighted by atomic mass is 32.2. The minimum atomic E-state index is 0.109. The molecule has 33 heavy (non-hydrogen) atoms. The van der Waals surface area contributed by atoms with Crippen molar-refractivity contribution in [2.24, 2.45) is 5.92 Å². The fourth-order valence-electron chi connectivity index (χ4n) is 3.97. The summed E-state index contributed by atoms with van der Waals surface area (Å²) in [4.78, 5) is 28.0. The maximum atomic E-state index is 12.9. The zero-order chi connectivity index (χ0) is 23.5. The lowest BCUT2D eigenvalue weighted by Gasteiger charge is -2.22. The lowest BCUT2D eigenvalue weighted by Crippen LogP contribution is -2.25. The summed E-state index contributed by atoms with van der Waals surface area (Å²) in [7, 11) is 1.97. The smallest absolute Gasteiger partial charge is 0.196 e. The zero-order valence-corrected chi connectivity index (χ0v) is 19.9. The average molecular weight is 464 g/mol. The fourth-order valence-corrected chi connectivity index (χ4v) is 4.21. The molecule has 0 unspecified atom stereocenters. The van der Waals surface area contributed by atoms with E-state index in [-0.39, 0.29) is 18.0 Å². The van der Waals surface area contributed by atoms with E-state index >= 15 is 0 Å². The van der Waals surface area contributed by atoms with E-state index in [0.29, 0.717) is 35.1 Å². The van der Waals surface area contributed by atoms with E-state index in [1.165, 1.54) is 0 Å². The number of fused-ring (bicyclic) bond motifs is 1. The molecule has 0 saturated heterocycles. The highest BCUT2D eigenvalue weighted by molar-refractivity contribution is 7.94. The van der Waals surface area contributed by atoms with Gasteiger partial charge in [0.2, 0.25) is 0 Å². The quantitative estimate of drug-likeness (QED) is 0.311. The van der Waals surface area contributed by atoms with Crippen LogP contribution in [0.3, 0.4) is 0 Å². The second kappa shape index (κ2) is 9.70. The van der Waals surface area contributed by atoms with Crippen molar-refractivity contribution in [2.45, 2.75) is 32.2 Å². The number of halogens is 1. The van der Waals surface area contributed by atoms with Crippen molar-refractivity contribution >= 4 is 35.4 Å². The molecule has 8 heteroatoms. The molecule has 0 N–H and O–H groups in total. The Labute approximate surface area is 197 Å². The fraction of sp³-hybridized carbons (Fsp3) is 0.280. The van der Waals surface area contributed by atoms with Gasteiger partial charge in [-0.15, -0.1) is 0 Å². The summed E-state index contributed by atoms with van der Waals surface area (Å²) in [6.07, 6.45) is 0.658. The van der Waals surface area contributed by atoms with E-state index in [2.05, 4.69) is 34.4 Å². The SMILES string of the molecule is Cc1cccc(-c2nc3nc(C=O)nc(N(C)CC(C)C)c3n2Cc2ccc(SF)cc2)c1. The third-order valence-corrected chi connectivity index (χ3v) is 5.79. The molecule has 0 atom stereocenters. The van der Waals surface area contributed by atoms with E-state index in [4.69, 9.17) is 4.98 Å². The summed E-state index contributed by atoms with van der Waals surface area (Å²) in [5.74, 6) is 1.92. The maximum absolute atomic E-state index is 12.9. The molecule has 0 radical (unpaired) electrons. The predicted molar refractivity (Wildman–Crippen MR) is 132 cm³/mol. The highest BCUT2D eigenvalue weighted by Gasteiger charge is 2.22. The minimum absolute atomic E-state index is 0.109. The Kier molecular flexibility index (Phi) is 6.74. The largest absolute Gasteiger partial charge is 0.358 e. The van der Waals surface area contributed by atoms with Crippen LogP contribution in [0.15, 0.2) is 53.4 Å². The van der Waals surface area contributed by atoms with Crippen LogP contribution in [0.4, 0.5) is 9.70 Å². The average Bonchev–Trinajstić information content (AvgIpc) is 3.16. The van der Waals surface area contributed by atoms with Gasteiger partial charge in [0.25, 0.3) is 0 Å². The van der Waals surface area contributed by atoms with Gasteiger partial charge in [0.1, 0.15) is 11.3 Å². The van der Waals surface area contributed by atoms with Crippen molar-refractivity contribution in [3.63, 3.8) is 0 Å². The van der Waals surface area contributed by atoms with Gasteiger partial charge in [-0.05, 0) is 36.6 Å². The second-order valence-corrected chi connectivity index (χ2v) is 9.21. The number of anilines is 1. The van der Waals surface area contributed by atoms with Crippen LogP contribution in [0.5, 0.6) is 0 Å². The van der Waals surface area contributed by atoms with Crippen molar-refractivity contribution in [1.82, 2.24) is 19.5 Å². The number of aryl methyl sites for hydroxylation is 1. The van der Waals surface area contributed by atoms with Crippen molar-refractivity contribution in [1.29, 1.82) is 0 Å². The van der Waals surface area contributed by atoms with Gasteiger partial charge in [0.05, 0.1) is 12.1 Å². The molecule has 0 spiro atoms. The van der Waals surface area contributed by atoms with E-state index in [0.717, 1.165) is 34.6 Å². The first-order chi connectivity index (χ1) is 15.9. The van der Waals surface area contributed by atoms with Crippen LogP contribution in [-0.4, -0.2) is 39.4 Å². The molecule has 0 saturated carbocycles. The summed E-state index contributed by atoms with van der Waals surface area (Å²) in [6, 6.07) is 15.5. The number of hydrogen-bond donors (Lipinski definition) is 0. The van der Waals surface area contributed by atoms with E-state index < -0.39 is 0 Å². The van der Waals surface area contributed by atoms with E-state index in [1.54, 1.807) is 12.1 Å². The van der Waals surface area contributed by atoms with Crippen LogP contribution in [-0.2, 0) is 6.54 Å². The molecule has 6 nitrogen and oxygen atoms in total. The molecule has 0 aliphatic rings. The number of rotatable bonds is 8. The number of imidazole rings is 1. The molecule has 170 valence electrons. The number of nitrogens with zero attached hydrogens (tertiary/aromatic N) is 5. The first kappa shape index (κ1) is 22.9. The molecule has 2 aromatic heterocycles. The lowest BCUT2D eigenvalue weighted by molar-refractivity contribution is 0.111. The number of benzene rings is 2. The van der Waals surface area contributed by atoms with Gasteiger partial charge >= 0.3 is 0 Å². The van der Waals surface area contributed by atoms with Crippen LogP contribution in [0, 0.1) is 12.8 Å². The number of hydrogen-bond acceptors (Lipinski definition) is 6. The molecule has 4 aromatic rings. The van der Waals surface area contributed by atoms with Gasteiger partial charge in [-0.2, -0.15) is 3.89 Å². The molecule has 4 rings (SSSR count). The molecule has 0 fully saturated rings. The molecule has 0 bridgehead atoms. The Bertz CT molecular complexity index is 1290. The first-order valence-corrected chi connectivity index (χ1v) is 11.5. The molecule has 0 amide bonds. The third-order valence-electron chi connectivity index (χ3n) is 5.34. The Balaban J connectivity index is 1.96. The standard InChI is InChI=1S/C25H26FN5OS/c1-16(2)13-30(4)25-22-23(27-21(15-32)28-25)29-24(19-7-5-6-17(3)12-19)31(22)14-18-8-10-20(33-26)11-9-18/h5-12,15-16H,13-14H2,1-4H3. The first-order valence-electron chi connectivity index (χ1n) is 10.8. The van der Waals surface area contributed by atoms with Crippen molar-refractivity contribution < 1.29 is 8.68 Å². The van der Waals surface area contributed by atoms with Crippen molar-refractivity contribution in [3.05, 3.63) is 65.5 Å². The summed E-state index contributed by atoms with van der Waals surface area (Å²) >= 11 is 0.227. The van der Waals surface area contributed by atoms with Gasteiger partial charge in [-0.1, -0.05) is 49.7 Å². The van der Waals surface area contributed by atoms with Crippen LogP contribution in [0.1, 0.15) is 35.6 Å². The summed E-state index contributed by atoms with van der Waals surface area (Å²) in [6.45, 7) is 7.57. The van der Waals surface area contributed by atoms with Crippen LogP contribution >= 0.6 is 12.1 Å². The molecular formula is C25H26FN5OS. The van der Waals surface area contributed by atoms with Crippen LogP contribution in [0.2, 0.25) is 0 Å². The topological polar surface area (TPSA) is 63.9 Å². The van der Waals surface area contributed by atoms with Gasteiger partial charge < -0.3 is 9.47 Å². The molecule has 0 aliphatic carbocycles. The number of carbonyl (C=O) groups excluding carboxylic acids is 1. The minimum Gasteiger partial charge on any atom is -0.358 e. The van der Waals surface area contributed by atoms with E-state index in [9.17, 15) is 8.68 Å². The zero-order valence-electron chi connectivity index (χ0n) is 19.1. The van der Waals surface area contributed by atoms with Gasteiger partial charge in [-0.25, -0.2) is 15.0 Å². The monoisotopic (exact) mass is 463 g/mol. The maximum Gasteiger partial charge on any atom is 0.196 e. The predicted octanol–water partition coefficient (Wildman–Crippen LogP) is 5.73. The van der Waals surface area contributed by atoms with Crippen LogP contribution in [0.25, 0.3) is 22.6 Å². The lowest BCUT2D eigenvalue weighted by atomic mass is 10.1. The molecule has 2 aromatic carbocycles. The second-order valence-electron chi connectivity index (χ2n) is 8.58. The summed E-state index contributed by atoms with van der Waals surface area (Å²) < 4.78 is 15.0. The highest BCUT2D eigenvalue weighted by Crippen LogP contribution is 2.31. The van der Waals surface area contributed by atoms with Gasteiger partial charge in [0, 0.05) is 30.6 Å². The molecule has 0 aliphatic heterocycles. The van der Waals surface area contributed by atoms with Crippen molar-refractivity contribution in [2.75, 3.05) is 18.5 Å². The molecule has 2 heterocycles. The Morgan fingerprint density at radius 3 is 2.52 bits per heavy atom. The Morgan fingerprint density at radius 2 is 1.88 bits per heavy atom. The van der Waals surface area contributed by atoms with Gasteiger partial charge in [-0.3, -0.25) is 4.79 Å². The number of aldehydes is 1. The van der Waals surface area contributed by atoms with Crippen LogP contribution < -0.4 is 4.90 Å². The Hall–Kier alpha value is -3.26.